The van der Waals surface area contributed by atoms with Gasteiger partial charge in [0.15, 0.2) is 0 Å². The average Bonchev–Trinajstić information content (AvgIpc) is 4.13. The van der Waals surface area contributed by atoms with Crippen molar-refractivity contribution >= 4 is 43.5 Å². The van der Waals surface area contributed by atoms with Crippen molar-refractivity contribution in [2.75, 3.05) is 48.0 Å². The van der Waals surface area contributed by atoms with E-state index in [4.69, 9.17) is 14.0 Å². The van der Waals surface area contributed by atoms with E-state index in [0.29, 0.717) is 50.7 Å². The van der Waals surface area contributed by atoms with E-state index >= 15 is 0 Å². The number of hydrogen-bond acceptors (Lipinski definition) is 11. The Bertz CT molecular complexity index is 1880. The fourth-order valence-corrected chi connectivity index (χ4v) is 11.9. The highest BCUT2D eigenvalue weighted by atomic mass is 31.1. The quantitative estimate of drug-likeness (QED) is 0.0649. The number of nitrogens with one attached hydrogen (secondary N) is 2. The molecule has 2 saturated heterocycles. The largest absolute Gasteiger partial charge is 0.533 e. The molecule has 0 radical (unpaired) electrons. The molecule has 12 atom stereocenters. The Morgan fingerprint density at radius 3 is 2.21 bits per heavy atom. The molecule has 16 nitrogen and oxygen atoms in total. The lowest BCUT2D eigenvalue weighted by atomic mass is 9.89. The molecule has 67 heavy (non-hydrogen) atoms. The molecule has 17 heteroatoms. The van der Waals surface area contributed by atoms with Crippen LogP contribution in [0.4, 0.5) is 0 Å². The molecule has 1 aromatic rings. The van der Waals surface area contributed by atoms with E-state index in [1.807, 2.05) is 65.1 Å². The van der Waals surface area contributed by atoms with Crippen LogP contribution in [0.1, 0.15) is 111 Å². The number of fused-ring (bicyclic) bond motifs is 2. The zero-order chi connectivity index (χ0) is 48.9. The number of nitrogens with zero attached hydrogens (tertiary/aromatic N) is 4. The van der Waals surface area contributed by atoms with Crippen molar-refractivity contribution in [2.24, 2.45) is 23.7 Å². The van der Waals surface area contributed by atoms with Gasteiger partial charge in [-0.3, -0.25) is 38.6 Å². The SMILES string of the molecule is CC[C@H](C)[C@@H]([C@@H](CC(=O)N1CCC[C@H]1[C@H](OC)[C@@H](C)C(=O)N[C@@H](Cc1ccccc1)[P+](=O)OCCCCCCN1C(=O)C=CC1=O)OC)N(C)C(=O)[C@@H](NC(=O)[C@@H]1[C@H]2CC[C@H](C2)N1C)C(C)C. The van der Waals surface area contributed by atoms with Crippen LogP contribution in [0.25, 0.3) is 0 Å². The third kappa shape index (κ3) is 13.6. The third-order valence-corrected chi connectivity index (χ3v) is 16.2. The van der Waals surface area contributed by atoms with E-state index in [1.54, 1.807) is 30.9 Å². The molecular weight excluding hydrogens is 876 g/mol. The molecule has 0 spiro atoms. The van der Waals surface area contributed by atoms with Gasteiger partial charge < -0.3 is 29.9 Å². The molecule has 3 fully saturated rings. The van der Waals surface area contributed by atoms with Crippen LogP contribution in [-0.4, -0.2) is 151 Å². The minimum absolute atomic E-state index is 0.00246. The van der Waals surface area contributed by atoms with E-state index in [2.05, 4.69) is 15.5 Å². The fourth-order valence-electron chi connectivity index (χ4n) is 10.8. The average molecular weight is 954 g/mol. The summed E-state index contributed by atoms with van der Waals surface area (Å²) in [6.07, 6.45) is 9.47. The molecule has 1 unspecified atom stereocenters. The number of imide groups is 1. The van der Waals surface area contributed by atoms with Gasteiger partial charge in [0.05, 0.1) is 42.7 Å². The molecule has 4 aliphatic rings. The standard InChI is InChI=1S/C50H77N6O10P/c1-10-33(4)45(54(7)50(62)44(32(2)3)52-49(61)46-36-22-23-37(30-36)53(46)6)39(64-8)31-43(59)55-27-18-21-38(55)47(65-9)34(5)48(60)51-40(29-35-19-14-13-15-20-35)67(63)66-28-17-12-11-16-26-56-41(57)24-25-42(56)58/h13-15,19-20,24-25,32-34,36-40,44-47H,10-12,16-18,21-23,26-31H2,1-9H3,(H-,51,52,60,61)/p+1/t33-,34+,36-,37+,38-,39+,40+,44-,45-,46-,47+/m0/s1. The van der Waals surface area contributed by atoms with E-state index < -0.39 is 50.1 Å². The van der Waals surface area contributed by atoms with Gasteiger partial charge in [0, 0.05) is 59.0 Å². The third-order valence-electron chi connectivity index (χ3n) is 14.9. The predicted octanol–water partition coefficient (Wildman–Crippen LogP) is 5.46. The van der Waals surface area contributed by atoms with Crippen molar-refractivity contribution in [3.63, 3.8) is 0 Å². The van der Waals surface area contributed by atoms with Gasteiger partial charge in [0.1, 0.15) is 12.6 Å². The summed E-state index contributed by atoms with van der Waals surface area (Å²) in [7, 11) is 4.52. The maximum Gasteiger partial charge on any atom is 0.533 e. The molecule has 3 heterocycles. The van der Waals surface area contributed by atoms with Crippen molar-refractivity contribution in [1.82, 2.24) is 30.2 Å². The minimum atomic E-state index is -2.33. The first-order valence-electron chi connectivity index (χ1n) is 24.6. The number of likely N-dealkylation sites (tertiary alicyclic amines) is 2. The first-order valence-corrected chi connectivity index (χ1v) is 25.9. The van der Waals surface area contributed by atoms with Crippen molar-refractivity contribution in [1.29, 1.82) is 0 Å². The van der Waals surface area contributed by atoms with Crippen LogP contribution in [0, 0.1) is 23.7 Å². The van der Waals surface area contributed by atoms with Crippen molar-refractivity contribution in [2.45, 2.75) is 160 Å². The first kappa shape index (κ1) is 53.9. The Labute approximate surface area is 399 Å². The van der Waals surface area contributed by atoms with E-state index in [0.717, 1.165) is 44.1 Å². The summed E-state index contributed by atoms with van der Waals surface area (Å²) in [5.41, 5.74) is 0.882. The second-order valence-corrected chi connectivity index (χ2v) is 21.0. The molecule has 5 rings (SSSR count). The second-order valence-electron chi connectivity index (χ2n) is 19.6. The predicted molar refractivity (Wildman–Crippen MR) is 256 cm³/mol. The maximum absolute atomic E-state index is 14.5. The zero-order valence-electron chi connectivity index (χ0n) is 41.4. The Morgan fingerprint density at radius 2 is 1.60 bits per heavy atom. The van der Waals surface area contributed by atoms with Gasteiger partial charge in [-0.05, 0) is 79.9 Å². The molecule has 1 aromatic carbocycles. The summed E-state index contributed by atoms with van der Waals surface area (Å²) in [5, 5.41) is 6.14. The van der Waals surface area contributed by atoms with E-state index in [1.165, 1.54) is 24.2 Å². The molecule has 1 aliphatic carbocycles. The van der Waals surface area contributed by atoms with Crippen LogP contribution >= 0.6 is 8.03 Å². The number of benzene rings is 1. The molecule has 372 valence electrons. The van der Waals surface area contributed by atoms with Crippen LogP contribution in [0.5, 0.6) is 0 Å². The summed E-state index contributed by atoms with van der Waals surface area (Å²) in [6.45, 7) is 10.8. The molecule has 2 N–H and O–H groups in total. The number of methoxy groups -OCH3 is 2. The highest BCUT2D eigenvalue weighted by Gasteiger charge is 2.49. The Morgan fingerprint density at radius 1 is 0.910 bits per heavy atom. The van der Waals surface area contributed by atoms with Crippen molar-refractivity contribution < 1.29 is 47.3 Å². The molecule has 3 aliphatic heterocycles. The van der Waals surface area contributed by atoms with Gasteiger partial charge in [-0.25, -0.2) is 0 Å². The second kappa shape index (κ2) is 25.5. The molecule has 2 bridgehead atoms. The lowest BCUT2D eigenvalue weighted by molar-refractivity contribution is -0.148. The van der Waals surface area contributed by atoms with Crippen molar-refractivity contribution in [3.8, 4) is 0 Å². The summed E-state index contributed by atoms with van der Waals surface area (Å²) < 4.78 is 31.7. The van der Waals surface area contributed by atoms with Gasteiger partial charge in [0.25, 0.3) is 17.6 Å². The minimum Gasteiger partial charge on any atom is -0.379 e. The number of carbonyl (C=O) groups is 6. The number of likely N-dealkylation sites (N-methyl/N-ethyl adjacent to an activating group) is 2. The van der Waals surface area contributed by atoms with Gasteiger partial charge in [-0.15, -0.1) is 4.52 Å². The highest BCUT2D eigenvalue weighted by Crippen LogP contribution is 2.41. The summed E-state index contributed by atoms with van der Waals surface area (Å²) in [4.78, 5) is 87.2. The van der Waals surface area contributed by atoms with Crippen LogP contribution in [0.2, 0.25) is 0 Å². The summed E-state index contributed by atoms with van der Waals surface area (Å²) in [6, 6.07) is 7.99. The monoisotopic (exact) mass is 954 g/mol. The molecule has 6 amide bonds. The fraction of sp³-hybridized carbons (Fsp3) is 0.720. The van der Waals surface area contributed by atoms with Crippen LogP contribution in [0.15, 0.2) is 42.5 Å². The smallest absolute Gasteiger partial charge is 0.379 e. The molecular formula is C50H78N6O10P+. The van der Waals surface area contributed by atoms with Crippen LogP contribution in [0.3, 0.4) is 0 Å². The number of rotatable bonds is 27. The Hall–Kier alpha value is -4.08. The number of unbranched alkanes of at least 4 members (excludes halogenated alkanes) is 3. The van der Waals surface area contributed by atoms with Gasteiger partial charge in [-0.2, -0.15) is 0 Å². The number of carbonyl (C=O) groups excluding carboxylic acids is 6. The van der Waals surface area contributed by atoms with E-state index in [-0.39, 0.29) is 72.8 Å². The topological polar surface area (TPSA) is 184 Å². The lowest BCUT2D eigenvalue weighted by Gasteiger charge is -2.41. The summed E-state index contributed by atoms with van der Waals surface area (Å²) in [5.74, 6) is -2.92. The van der Waals surface area contributed by atoms with Crippen LogP contribution < -0.4 is 10.6 Å². The number of amides is 6. The molecule has 1 saturated carbocycles. The van der Waals surface area contributed by atoms with Gasteiger partial charge in [0.2, 0.25) is 23.6 Å². The summed E-state index contributed by atoms with van der Waals surface area (Å²) >= 11 is 0. The molecule has 0 aromatic heterocycles. The van der Waals surface area contributed by atoms with E-state index in [9.17, 15) is 33.3 Å². The maximum atomic E-state index is 14.5. The van der Waals surface area contributed by atoms with Crippen LogP contribution in [-0.2, 0) is 53.8 Å². The van der Waals surface area contributed by atoms with Crippen molar-refractivity contribution in [3.05, 3.63) is 48.0 Å². The number of hydrogen-bond donors (Lipinski definition) is 2. The van der Waals surface area contributed by atoms with Gasteiger partial charge in [-0.1, -0.05) is 84.2 Å². The zero-order valence-corrected chi connectivity index (χ0v) is 42.3. The Kier molecular flexibility index (Phi) is 20.5. The Balaban J connectivity index is 1.20. The highest BCUT2D eigenvalue weighted by molar-refractivity contribution is 7.40. The number of ether oxygens (including phenoxy) is 2. The van der Waals surface area contributed by atoms with Gasteiger partial charge >= 0.3 is 8.03 Å². The lowest BCUT2D eigenvalue weighted by Crippen LogP contribution is -2.60. The first-order chi connectivity index (χ1) is 32.0. The normalized spacial score (nSPS) is 23.8. The number of piperidine rings is 1.